The zero-order chi connectivity index (χ0) is 5.33. The maximum absolute atomic E-state index is 9.19. The van der Waals surface area contributed by atoms with Crippen molar-refractivity contribution in [3.63, 3.8) is 0 Å². The number of aliphatic hydroxyl groups is 1. The van der Waals surface area contributed by atoms with E-state index in [1.54, 1.807) is 0 Å². The lowest BCUT2D eigenvalue weighted by Gasteiger charge is -2.34. The summed E-state index contributed by atoms with van der Waals surface area (Å²) in [5.74, 6) is 0. The van der Waals surface area contributed by atoms with Gasteiger partial charge >= 0.3 is 0 Å². The Morgan fingerprint density at radius 1 is 1.71 bits per heavy atom. The normalized spacial score (nSPS) is 26.6. The third-order valence-corrected chi connectivity index (χ3v) is 1.71. The van der Waals surface area contributed by atoms with E-state index in [1.807, 2.05) is 6.92 Å². The van der Waals surface area contributed by atoms with Crippen LogP contribution in [0.15, 0.2) is 0 Å². The molecule has 1 saturated carbocycles. The standard InChI is InChI=1S/C6H11O/c1-2-6(7)4-3-5-6/h3,7H,2,4-5H2,1H3. The molecule has 1 heteroatoms. The average Bonchev–Trinajstić information content (AvgIpc) is 1.61. The van der Waals surface area contributed by atoms with Crippen LogP contribution in [0.3, 0.4) is 0 Å². The molecule has 41 valence electrons. The topological polar surface area (TPSA) is 20.2 Å². The molecule has 1 N–H and O–H groups in total. The third kappa shape index (κ3) is 0.778. The van der Waals surface area contributed by atoms with Crippen molar-refractivity contribution in [3.05, 3.63) is 6.42 Å². The summed E-state index contributed by atoms with van der Waals surface area (Å²) in [5, 5.41) is 9.19. The summed E-state index contributed by atoms with van der Waals surface area (Å²) in [7, 11) is 0. The molecule has 0 unspecified atom stereocenters. The van der Waals surface area contributed by atoms with E-state index in [0.717, 1.165) is 19.3 Å². The Morgan fingerprint density at radius 3 is 2.29 bits per heavy atom. The van der Waals surface area contributed by atoms with Gasteiger partial charge in [0.05, 0.1) is 5.60 Å². The maximum Gasteiger partial charge on any atom is 0.0650 e. The van der Waals surface area contributed by atoms with Crippen LogP contribution in [0.2, 0.25) is 0 Å². The predicted octanol–water partition coefficient (Wildman–Crippen LogP) is 1.13. The van der Waals surface area contributed by atoms with Crippen LogP contribution in [-0.4, -0.2) is 10.7 Å². The molecule has 1 nitrogen and oxygen atoms in total. The zero-order valence-corrected chi connectivity index (χ0v) is 4.65. The summed E-state index contributed by atoms with van der Waals surface area (Å²) in [6.07, 6.45) is 4.83. The second-order valence-electron chi connectivity index (χ2n) is 2.27. The fraction of sp³-hybridized carbons (Fsp3) is 0.833. The molecule has 0 spiro atoms. The van der Waals surface area contributed by atoms with Gasteiger partial charge in [-0.1, -0.05) is 6.92 Å². The van der Waals surface area contributed by atoms with Gasteiger partial charge in [0.1, 0.15) is 0 Å². The Labute approximate surface area is 44.4 Å². The highest BCUT2D eigenvalue weighted by Crippen LogP contribution is 2.32. The van der Waals surface area contributed by atoms with Gasteiger partial charge in [-0.25, -0.2) is 0 Å². The second-order valence-corrected chi connectivity index (χ2v) is 2.27. The van der Waals surface area contributed by atoms with Gasteiger partial charge < -0.3 is 5.11 Å². The first-order chi connectivity index (χ1) is 3.27. The molecule has 1 aliphatic rings. The van der Waals surface area contributed by atoms with Crippen molar-refractivity contribution in [1.29, 1.82) is 0 Å². The minimum atomic E-state index is -0.292. The highest BCUT2D eigenvalue weighted by atomic mass is 16.3. The molecule has 1 aliphatic carbocycles. The van der Waals surface area contributed by atoms with Gasteiger partial charge in [-0.15, -0.1) is 0 Å². The number of rotatable bonds is 1. The van der Waals surface area contributed by atoms with Crippen LogP contribution in [-0.2, 0) is 0 Å². The van der Waals surface area contributed by atoms with Crippen LogP contribution in [0.5, 0.6) is 0 Å². The van der Waals surface area contributed by atoms with E-state index in [-0.39, 0.29) is 5.60 Å². The van der Waals surface area contributed by atoms with Crippen molar-refractivity contribution < 1.29 is 5.11 Å². The van der Waals surface area contributed by atoms with Crippen LogP contribution in [0.25, 0.3) is 0 Å². The van der Waals surface area contributed by atoms with E-state index < -0.39 is 0 Å². The summed E-state index contributed by atoms with van der Waals surface area (Å²) in [5.41, 5.74) is -0.292. The largest absolute Gasteiger partial charge is 0.390 e. The molecule has 7 heavy (non-hydrogen) atoms. The zero-order valence-electron chi connectivity index (χ0n) is 4.65. The van der Waals surface area contributed by atoms with Gasteiger partial charge in [0.2, 0.25) is 0 Å². The summed E-state index contributed by atoms with van der Waals surface area (Å²) in [6.45, 7) is 2.02. The van der Waals surface area contributed by atoms with Crippen LogP contribution in [0.1, 0.15) is 26.2 Å². The van der Waals surface area contributed by atoms with Gasteiger partial charge in [-0.2, -0.15) is 0 Å². The molecule has 0 amide bonds. The van der Waals surface area contributed by atoms with Crippen molar-refractivity contribution in [2.75, 3.05) is 0 Å². The van der Waals surface area contributed by atoms with Crippen molar-refractivity contribution in [1.82, 2.24) is 0 Å². The predicted molar refractivity (Wildman–Crippen MR) is 28.8 cm³/mol. The Morgan fingerprint density at radius 2 is 2.29 bits per heavy atom. The smallest absolute Gasteiger partial charge is 0.0650 e. The minimum absolute atomic E-state index is 0.292. The van der Waals surface area contributed by atoms with E-state index in [9.17, 15) is 5.11 Å². The summed E-state index contributed by atoms with van der Waals surface area (Å²) in [6, 6.07) is 0. The fourth-order valence-corrected chi connectivity index (χ4v) is 0.766. The minimum Gasteiger partial charge on any atom is -0.390 e. The summed E-state index contributed by atoms with van der Waals surface area (Å²) < 4.78 is 0. The molecule has 0 saturated heterocycles. The molecule has 0 bridgehead atoms. The molecule has 0 aromatic heterocycles. The Bertz CT molecular complexity index is 59.1. The molecular formula is C6H11O. The number of hydrogen-bond donors (Lipinski definition) is 1. The van der Waals surface area contributed by atoms with E-state index in [2.05, 4.69) is 6.42 Å². The van der Waals surface area contributed by atoms with Crippen LogP contribution in [0, 0.1) is 6.42 Å². The Kier molecular flexibility index (Phi) is 1.08. The highest BCUT2D eigenvalue weighted by molar-refractivity contribution is 4.98. The van der Waals surface area contributed by atoms with Crippen molar-refractivity contribution >= 4 is 0 Å². The van der Waals surface area contributed by atoms with E-state index in [0.29, 0.717) is 0 Å². The Hall–Kier alpha value is -0.0400. The fourth-order valence-electron chi connectivity index (χ4n) is 0.766. The quantitative estimate of drug-likeness (QED) is 0.522. The van der Waals surface area contributed by atoms with Crippen molar-refractivity contribution in [2.45, 2.75) is 31.8 Å². The lowest BCUT2D eigenvalue weighted by molar-refractivity contribution is -0.00416. The number of hydrogen-bond acceptors (Lipinski definition) is 1. The first kappa shape index (κ1) is 5.10. The van der Waals surface area contributed by atoms with E-state index in [1.165, 1.54) is 0 Å². The van der Waals surface area contributed by atoms with Crippen LogP contribution in [0.4, 0.5) is 0 Å². The molecule has 0 atom stereocenters. The van der Waals surface area contributed by atoms with Crippen molar-refractivity contribution in [3.8, 4) is 0 Å². The summed E-state index contributed by atoms with van der Waals surface area (Å²) >= 11 is 0. The molecule has 0 aliphatic heterocycles. The van der Waals surface area contributed by atoms with Gasteiger partial charge in [-0.3, -0.25) is 0 Å². The van der Waals surface area contributed by atoms with Gasteiger partial charge in [0, 0.05) is 0 Å². The first-order valence-corrected chi connectivity index (χ1v) is 2.81. The third-order valence-electron chi connectivity index (χ3n) is 1.71. The first-order valence-electron chi connectivity index (χ1n) is 2.81. The molecule has 1 rings (SSSR count). The molecule has 1 fully saturated rings. The molecule has 1 radical (unpaired) electrons. The van der Waals surface area contributed by atoms with Crippen LogP contribution >= 0.6 is 0 Å². The van der Waals surface area contributed by atoms with Crippen molar-refractivity contribution in [2.24, 2.45) is 0 Å². The molecular weight excluding hydrogens is 88.1 g/mol. The SMILES string of the molecule is CCC1(O)C[CH]C1. The summed E-state index contributed by atoms with van der Waals surface area (Å²) in [4.78, 5) is 0. The lowest BCUT2D eigenvalue weighted by Crippen LogP contribution is -2.35. The van der Waals surface area contributed by atoms with E-state index >= 15 is 0 Å². The molecule has 0 aromatic carbocycles. The monoisotopic (exact) mass is 99.1 g/mol. The highest BCUT2D eigenvalue weighted by Gasteiger charge is 2.31. The maximum atomic E-state index is 9.19. The van der Waals surface area contributed by atoms with Crippen LogP contribution < -0.4 is 0 Å². The average molecular weight is 99.2 g/mol. The van der Waals surface area contributed by atoms with E-state index in [4.69, 9.17) is 0 Å². The van der Waals surface area contributed by atoms with Gasteiger partial charge in [-0.05, 0) is 25.7 Å². The Balaban J connectivity index is 2.29. The molecule has 0 heterocycles. The van der Waals surface area contributed by atoms with Gasteiger partial charge in [0.25, 0.3) is 0 Å². The molecule has 0 aromatic rings. The second kappa shape index (κ2) is 1.48. The van der Waals surface area contributed by atoms with Gasteiger partial charge in [0.15, 0.2) is 0 Å². The lowest BCUT2D eigenvalue weighted by atomic mass is 9.78.